The monoisotopic (exact) mass is 283 g/mol. The van der Waals surface area contributed by atoms with E-state index in [1.807, 2.05) is 6.92 Å². The number of ether oxygens (including phenoxy) is 1. The van der Waals surface area contributed by atoms with Crippen molar-refractivity contribution in [3.8, 4) is 0 Å². The molecule has 0 bridgehead atoms. The van der Waals surface area contributed by atoms with Gasteiger partial charge in [-0.05, 0) is 26.2 Å². The summed E-state index contributed by atoms with van der Waals surface area (Å²) in [5.74, 6) is -1.31. The maximum atomic E-state index is 13.0. The SMILES string of the molecule is CCN(C(=O)C1(CC)CCCC1)C1COCC1C(=O)O. The van der Waals surface area contributed by atoms with E-state index < -0.39 is 11.9 Å². The molecule has 2 unspecified atom stereocenters. The Labute approximate surface area is 120 Å². The largest absolute Gasteiger partial charge is 0.481 e. The highest BCUT2D eigenvalue weighted by molar-refractivity contribution is 5.84. The van der Waals surface area contributed by atoms with Gasteiger partial charge in [0.1, 0.15) is 5.92 Å². The van der Waals surface area contributed by atoms with E-state index in [9.17, 15) is 14.7 Å². The number of hydrogen-bond donors (Lipinski definition) is 1. The van der Waals surface area contributed by atoms with Crippen LogP contribution in [0.4, 0.5) is 0 Å². The van der Waals surface area contributed by atoms with Crippen LogP contribution in [-0.2, 0) is 14.3 Å². The van der Waals surface area contributed by atoms with Crippen LogP contribution in [-0.4, -0.2) is 47.7 Å². The molecule has 5 nitrogen and oxygen atoms in total. The number of rotatable bonds is 5. The minimum Gasteiger partial charge on any atom is -0.481 e. The van der Waals surface area contributed by atoms with Crippen molar-refractivity contribution in [1.82, 2.24) is 4.90 Å². The lowest BCUT2D eigenvalue weighted by atomic mass is 9.81. The Hall–Kier alpha value is -1.10. The van der Waals surface area contributed by atoms with Gasteiger partial charge in [0, 0.05) is 12.0 Å². The van der Waals surface area contributed by atoms with E-state index in [1.165, 1.54) is 0 Å². The summed E-state index contributed by atoms with van der Waals surface area (Å²) in [7, 11) is 0. The van der Waals surface area contributed by atoms with Gasteiger partial charge in [0.25, 0.3) is 0 Å². The molecule has 1 amide bonds. The fourth-order valence-electron chi connectivity index (χ4n) is 3.69. The van der Waals surface area contributed by atoms with Crippen molar-refractivity contribution in [2.45, 2.75) is 52.0 Å². The molecule has 2 aliphatic rings. The molecule has 0 radical (unpaired) electrons. The molecule has 1 saturated carbocycles. The number of aliphatic carboxylic acids is 1. The zero-order valence-electron chi connectivity index (χ0n) is 12.4. The summed E-state index contributed by atoms with van der Waals surface area (Å²) in [6.07, 6.45) is 4.91. The highest BCUT2D eigenvalue weighted by Gasteiger charge is 2.46. The van der Waals surface area contributed by atoms with Crippen LogP contribution < -0.4 is 0 Å². The first-order chi connectivity index (χ1) is 9.55. The van der Waals surface area contributed by atoms with Gasteiger partial charge in [-0.3, -0.25) is 9.59 Å². The van der Waals surface area contributed by atoms with Gasteiger partial charge in [-0.1, -0.05) is 19.8 Å². The topological polar surface area (TPSA) is 66.8 Å². The Morgan fingerprint density at radius 3 is 2.40 bits per heavy atom. The number of carboxylic acids is 1. The van der Waals surface area contributed by atoms with Gasteiger partial charge in [-0.25, -0.2) is 0 Å². The highest BCUT2D eigenvalue weighted by atomic mass is 16.5. The molecule has 114 valence electrons. The van der Waals surface area contributed by atoms with E-state index in [0.29, 0.717) is 13.2 Å². The number of hydrogen-bond acceptors (Lipinski definition) is 3. The predicted molar refractivity (Wildman–Crippen MR) is 74.3 cm³/mol. The lowest BCUT2D eigenvalue weighted by Gasteiger charge is -2.37. The smallest absolute Gasteiger partial charge is 0.311 e. The van der Waals surface area contributed by atoms with E-state index in [2.05, 4.69) is 6.92 Å². The number of nitrogens with zero attached hydrogens (tertiary/aromatic N) is 1. The number of carbonyl (C=O) groups excluding carboxylic acids is 1. The van der Waals surface area contributed by atoms with E-state index in [4.69, 9.17) is 4.74 Å². The molecule has 1 heterocycles. The van der Waals surface area contributed by atoms with Crippen molar-refractivity contribution in [3.63, 3.8) is 0 Å². The minimum absolute atomic E-state index is 0.141. The average Bonchev–Trinajstić information content (AvgIpc) is 3.09. The van der Waals surface area contributed by atoms with Crippen LogP contribution in [0.2, 0.25) is 0 Å². The Morgan fingerprint density at radius 1 is 1.25 bits per heavy atom. The predicted octanol–water partition coefficient (Wildman–Crippen LogP) is 1.90. The normalized spacial score (nSPS) is 28.5. The summed E-state index contributed by atoms with van der Waals surface area (Å²) >= 11 is 0. The molecular formula is C15H25NO4. The van der Waals surface area contributed by atoms with Crippen molar-refractivity contribution in [2.24, 2.45) is 11.3 Å². The van der Waals surface area contributed by atoms with Gasteiger partial charge in [0.15, 0.2) is 0 Å². The molecular weight excluding hydrogens is 258 g/mol. The third-order valence-corrected chi connectivity index (χ3v) is 5.06. The Balaban J connectivity index is 2.19. The van der Waals surface area contributed by atoms with Crippen molar-refractivity contribution >= 4 is 11.9 Å². The summed E-state index contributed by atoms with van der Waals surface area (Å²) in [6, 6.07) is -0.311. The molecule has 1 N–H and O–H groups in total. The lowest BCUT2D eigenvalue weighted by Crippen LogP contribution is -2.51. The van der Waals surface area contributed by atoms with Crippen LogP contribution in [0.1, 0.15) is 46.0 Å². The summed E-state index contributed by atoms with van der Waals surface area (Å²) in [5.41, 5.74) is -0.262. The first-order valence-corrected chi connectivity index (χ1v) is 7.67. The molecule has 2 rings (SSSR count). The molecule has 2 fully saturated rings. The van der Waals surface area contributed by atoms with Gasteiger partial charge >= 0.3 is 5.97 Å². The molecule has 1 aliphatic heterocycles. The maximum Gasteiger partial charge on any atom is 0.311 e. The Kier molecular flexibility index (Phi) is 4.68. The van der Waals surface area contributed by atoms with Crippen molar-refractivity contribution in [3.05, 3.63) is 0 Å². The van der Waals surface area contributed by atoms with Crippen LogP contribution in [0.3, 0.4) is 0 Å². The van der Waals surface area contributed by atoms with Gasteiger partial charge < -0.3 is 14.7 Å². The second-order valence-electron chi connectivity index (χ2n) is 5.98. The summed E-state index contributed by atoms with van der Waals surface area (Å²) in [4.78, 5) is 26.0. The van der Waals surface area contributed by atoms with Crippen molar-refractivity contribution < 1.29 is 19.4 Å². The Morgan fingerprint density at radius 2 is 1.90 bits per heavy atom. The molecule has 0 aromatic heterocycles. The number of carboxylic acid groups (broad SMARTS) is 1. The summed E-state index contributed by atoms with van der Waals surface area (Å²) in [6.45, 7) is 5.10. The molecule has 1 saturated heterocycles. The molecule has 5 heteroatoms. The van der Waals surface area contributed by atoms with Gasteiger partial charge in [-0.15, -0.1) is 0 Å². The molecule has 2 atom stereocenters. The fourth-order valence-corrected chi connectivity index (χ4v) is 3.69. The van der Waals surface area contributed by atoms with Crippen LogP contribution in [0.25, 0.3) is 0 Å². The van der Waals surface area contributed by atoms with Gasteiger partial charge in [0.2, 0.25) is 5.91 Å². The zero-order chi connectivity index (χ0) is 14.8. The highest BCUT2D eigenvalue weighted by Crippen LogP contribution is 2.43. The van der Waals surface area contributed by atoms with Crippen molar-refractivity contribution in [2.75, 3.05) is 19.8 Å². The second-order valence-corrected chi connectivity index (χ2v) is 5.98. The van der Waals surface area contributed by atoms with Crippen LogP contribution >= 0.6 is 0 Å². The van der Waals surface area contributed by atoms with E-state index >= 15 is 0 Å². The zero-order valence-corrected chi connectivity index (χ0v) is 12.4. The van der Waals surface area contributed by atoms with Crippen LogP contribution in [0, 0.1) is 11.3 Å². The molecule has 0 spiro atoms. The second kappa shape index (κ2) is 6.12. The molecule has 0 aromatic rings. The number of likely N-dealkylation sites (N-methyl/N-ethyl adjacent to an activating group) is 1. The first-order valence-electron chi connectivity index (χ1n) is 7.67. The quantitative estimate of drug-likeness (QED) is 0.837. The summed E-state index contributed by atoms with van der Waals surface area (Å²) < 4.78 is 5.32. The first kappa shape index (κ1) is 15.3. The average molecular weight is 283 g/mol. The van der Waals surface area contributed by atoms with E-state index in [0.717, 1.165) is 32.1 Å². The van der Waals surface area contributed by atoms with Gasteiger partial charge in [-0.2, -0.15) is 0 Å². The van der Waals surface area contributed by atoms with Gasteiger partial charge in [0.05, 0.1) is 19.3 Å². The third-order valence-electron chi connectivity index (χ3n) is 5.06. The number of carbonyl (C=O) groups is 2. The van der Waals surface area contributed by atoms with Crippen LogP contribution in [0.5, 0.6) is 0 Å². The third kappa shape index (κ3) is 2.55. The minimum atomic E-state index is -0.865. The lowest BCUT2D eigenvalue weighted by molar-refractivity contribution is -0.149. The molecule has 0 aromatic carbocycles. The standard InChI is InChI=1S/C15H25NO4/c1-3-15(7-5-6-8-15)14(19)16(4-2)12-10-20-9-11(12)13(17)18/h11-12H,3-10H2,1-2H3,(H,17,18). The molecule has 20 heavy (non-hydrogen) atoms. The van der Waals surface area contributed by atoms with Crippen LogP contribution in [0.15, 0.2) is 0 Å². The maximum absolute atomic E-state index is 13.0. The summed E-state index contributed by atoms with van der Waals surface area (Å²) in [5, 5.41) is 9.28. The van der Waals surface area contributed by atoms with Crippen molar-refractivity contribution in [1.29, 1.82) is 0 Å². The molecule has 1 aliphatic carbocycles. The Bertz CT molecular complexity index is 376. The van der Waals surface area contributed by atoms with E-state index in [1.54, 1.807) is 4.90 Å². The number of amides is 1. The van der Waals surface area contributed by atoms with E-state index in [-0.39, 0.29) is 24.0 Å². The fraction of sp³-hybridized carbons (Fsp3) is 0.867.